The largest absolute Gasteiger partial charge is 0.470 e. The summed E-state index contributed by atoms with van der Waals surface area (Å²) in [6.07, 6.45) is 7.94. The van der Waals surface area contributed by atoms with Crippen molar-refractivity contribution >= 4 is 36.0 Å². The summed E-state index contributed by atoms with van der Waals surface area (Å²) < 4.78 is 34.2. The Labute approximate surface area is 259 Å². The highest BCUT2D eigenvalue weighted by Gasteiger charge is 2.21. The molecule has 11 nitrogen and oxygen atoms in total. The van der Waals surface area contributed by atoms with Crippen LogP contribution in [0.15, 0.2) is 55.0 Å². The molecule has 5 heterocycles. The molecule has 0 radical (unpaired) electrons. The van der Waals surface area contributed by atoms with Gasteiger partial charge >= 0.3 is 0 Å². The summed E-state index contributed by atoms with van der Waals surface area (Å²) in [5.41, 5.74) is 3.90. The SMILES string of the molecule is [2H]c1cnnc(COc2nc(NC)nc3c2c(-c2ccc4ncc(OC5CCCCO5)cc4c2)cn3COCC[Si](C)(C)C)c1. The van der Waals surface area contributed by atoms with Gasteiger partial charge in [-0.2, -0.15) is 20.2 Å². The molecule has 1 aliphatic heterocycles. The van der Waals surface area contributed by atoms with Gasteiger partial charge < -0.3 is 28.8 Å². The Morgan fingerprint density at radius 3 is 2.86 bits per heavy atom. The van der Waals surface area contributed by atoms with Crippen LogP contribution < -0.4 is 14.8 Å². The average Bonchev–Trinajstić information content (AvgIpc) is 3.40. The van der Waals surface area contributed by atoms with E-state index in [9.17, 15) is 0 Å². The Kier molecular flexibility index (Phi) is 8.62. The monoisotopic (exact) mass is 614 g/mol. The molecule has 1 aromatic carbocycles. The number of hydrogen-bond donors (Lipinski definition) is 1. The van der Waals surface area contributed by atoms with Crippen molar-refractivity contribution in [1.82, 2.24) is 29.7 Å². The second kappa shape index (κ2) is 13.2. The maximum Gasteiger partial charge on any atom is 0.228 e. The molecular formula is C32H39N7O4Si. The van der Waals surface area contributed by atoms with Gasteiger partial charge in [0.1, 0.15) is 24.8 Å². The number of nitrogens with one attached hydrogen (secondary N) is 1. The molecule has 0 amide bonds. The van der Waals surface area contributed by atoms with Crippen LogP contribution in [0, 0.1) is 0 Å². The Morgan fingerprint density at radius 1 is 1.16 bits per heavy atom. The molecule has 0 spiro atoms. The highest BCUT2D eigenvalue weighted by Crippen LogP contribution is 2.38. The van der Waals surface area contributed by atoms with E-state index in [-0.39, 0.29) is 18.9 Å². The zero-order valence-electron chi connectivity index (χ0n) is 26.7. The number of pyridine rings is 1. The third-order valence-electron chi connectivity index (χ3n) is 7.43. The maximum atomic E-state index is 7.91. The second-order valence-corrected chi connectivity index (χ2v) is 17.7. The van der Waals surface area contributed by atoms with Crippen LogP contribution in [-0.2, 0) is 22.8 Å². The Morgan fingerprint density at radius 2 is 2.07 bits per heavy atom. The van der Waals surface area contributed by atoms with Crippen molar-refractivity contribution in [2.24, 2.45) is 0 Å². The Balaban J connectivity index is 1.39. The smallest absolute Gasteiger partial charge is 0.228 e. The zero-order valence-corrected chi connectivity index (χ0v) is 26.7. The molecule has 5 aromatic rings. The lowest BCUT2D eigenvalue weighted by atomic mass is 10.0. The molecule has 0 bridgehead atoms. The molecule has 0 aliphatic carbocycles. The Hall–Kier alpha value is -4.13. The topological polar surface area (TPSA) is 118 Å². The van der Waals surface area contributed by atoms with Crippen molar-refractivity contribution in [1.29, 1.82) is 0 Å². The average molecular weight is 615 g/mol. The number of anilines is 1. The van der Waals surface area contributed by atoms with Crippen molar-refractivity contribution in [2.75, 3.05) is 25.6 Å². The van der Waals surface area contributed by atoms with Crippen LogP contribution in [0.3, 0.4) is 0 Å². The molecule has 1 N–H and O–H groups in total. The van der Waals surface area contributed by atoms with Gasteiger partial charge in [0.15, 0.2) is 11.9 Å². The summed E-state index contributed by atoms with van der Waals surface area (Å²) in [6, 6.07) is 11.1. The van der Waals surface area contributed by atoms with Crippen LogP contribution in [0.1, 0.15) is 26.3 Å². The number of hydrogen-bond acceptors (Lipinski definition) is 10. The van der Waals surface area contributed by atoms with Gasteiger partial charge in [0.05, 0.1) is 25.1 Å². The first-order valence-electron chi connectivity index (χ1n) is 15.5. The van der Waals surface area contributed by atoms with E-state index in [1.807, 2.05) is 29.0 Å². The molecule has 1 fully saturated rings. The third kappa shape index (κ3) is 7.15. The van der Waals surface area contributed by atoms with Crippen molar-refractivity contribution in [3.8, 4) is 22.8 Å². The van der Waals surface area contributed by atoms with Gasteiger partial charge in [0.25, 0.3) is 0 Å². The predicted octanol–water partition coefficient (Wildman–Crippen LogP) is 6.27. The minimum Gasteiger partial charge on any atom is -0.470 e. The number of nitrogens with zero attached hydrogens (tertiary/aromatic N) is 6. The van der Waals surface area contributed by atoms with Gasteiger partial charge in [0, 0.05) is 51.5 Å². The molecule has 4 aromatic heterocycles. The maximum absolute atomic E-state index is 7.91. The van der Waals surface area contributed by atoms with Gasteiger partial charge in [0.2, 0.25) is 11.8 Å². The number of benzene rings is 1. The minimum atomic E-state index is -1.25. The van der Waals surface area contributed by atoms with Crippen LogP contribution in [0.4, 0.5) is 5.95 Å². The minimum absolute atomic E-state index is 0.0951. The standard InChI is InChI=1S/C32H39N7O4Si/c1-33-32-36-30-29(31(37-32)42-20-24-8-7-12-35-38-24)26(19-39(30)21-40-14-15-44(2,3)4)22-10-11-27-23(16-22)17-25(18-34-27)43-28-9-5-6-13-41-28/h7-8,10-12,16-19,28H,5-6,9,13-15,20-21H2,1-4H3,(H,33,36,37)/i7D. The Bertz CT molecular complexity index is 1790. The molecular weight excluding hydrogens is 574 g/mol. The van der Waals surface area contributed by atoms with Crippen molar-refractivity contribution in [3.05, 3.63) is 60.7 Å². The van der Waals surface area contributed by atoms with E-state index in [0.717, 1.165) is 52.7 Å². The lowest BCUT2D eigenvalue weighted by molar-refractivity contribution is -0.105. The predicted molar refractivity (Wildman–Crippen MR) is 172 cm³/mol. The van der Waals surface area contributed by atoms with E-state index in [2.05, 4.69) is 46.2 Å². The quantitative estimate of drug-likeness (QED) is 0.127. The normalized spacial score (nSPS) is 15.8. The molecule has 12 heteroatoms. The fraction of sp³-hybridized carbons (Fsp3) is 0.406. The molecule has 230 valence electrons. The highest BCUT2D eigenvalue weighted by molar-refractivity contribution is 6.76. The number of ether oxygens (including phenoxy) is 4. The lowest BCUT2D eigenvalue weighted by Crippen LogP contribution is -2.24. The summed E-state index contributed by atoms with van der Waals surface area (Å²) in [4.78, 5) is 14.2. The van der Waals surface area contributed by atoms with Crippen LogP contribution >= 0.6 is 0 Å². The van der Waals surface area contributed by atoms with Gasteiger partial charge in [-0.05, 0) is 54.8 Å². The number of aromatic nitrogens is 6. The number of fused-ring (bicyclic) bond motifs is 2. The summed E-state index contributed by atoms with van der Waals surface area (Å²) in [5.74, 6) is 1.48. The molecule has 1 unspecified atom stereocenters. The third-order valence-corrected chi connectivity index (χ3v) is 9.14. The van der Waals surface area contributed by atoms with Gasteiger partial charge in [-0.3, -0.25) is 4.98 Å². The zero-order chi connectivity index (χ0) is 31.4. The van der Waals surface area contributed by atoms with Crippen molar-refractivity contribution in [2.45, 2.75) is 64.6 Å². The van der Waals surface area contributed by atoms with E-state index in [4.69, 9.17) is 30.3 Å². The van der Waals surface area contributed by atoms with E-state index >= 15 is 0 Å². The lowest BCUT2D eigenvalue weighted by Gasteiger charge is -2.23. The fourth-order valence-corrected chi connectivity index (χ4v) is 5.80. The molecule has 1 saturated heterocycles. The van der Waals surface area contributed by atoms with Gasteiger partial charge in [-0.15, -0.1) is 0 Å². The van der Waals surface area contributed by atoms with Gasteiger partial charge in [-0.25, -0.2) is 0 Å². The van der Waals surface area contributed by atoms with E-state index in [1.54, 1.807) is 19.3 Å². The summed E-state index contributed by atoms with van der Waals surface area (Å²) in [7, 11) is 0.520. The molecule has 44 heavy (non-hydrogen) atoms. The summed E-state index contributed by atoms with van der Waals surface area (Å²) in [5, 5.41) is 12.7. The van der Waals surface area contributed by atoms with E-state index in [1.165, 1.54) is 6.20 Å². The van der Waals surface area contributed by atoms with Crippen molar-refractivity contribution < 1.29 is 20.3 Å². The van der Waals surface area contributed by atoms with Gasteiger partial charge in [-0.1, -0.05) is 25.7 Å². The first-order chi connectivity index (χ1) is 21.8. The molecule has 6 rings (SSSR count). The molecule has 1 atom stereocenters. The highest BCUT2D eigenvalue weighted by atomic mass is 28.3. The molecule has 0 saturated carbocycles. The van der Waals surface area contributed by atoms with Crippen LogP contribution in [0.2, 0.25) is 25.7 Å². The first-order valence-corrected chi connectivity index (χ1v) is 18.7. The second-order valence-electron chi connectivity index (χ2n) is 12.1. The fourth-order valence-electron chi connectivity index (χ4n) is 5.04. The first kappa shape index (κ1) is 28.6. The van der Waals surface area contributed by atoms with Crippen LogP contribution in [-0.4, -0.2) is 64.3 Å². The van der Waals surface area contributed by atoms with Crippen LogP contribution in [0.5, 0.6) is 11.6 Å². The molecule has 1 aliphatic rings. The van der Waals surface area contributed by atoms with E-state index < -0.39 is 8.07 Å². The number of rotatable bonds is 12. The summed E-state index contributed by atoms with van der Waals surface area (Å²) >= 11 is 0. The van der Waals surface area contributed by atoms with Crippen molar-refractivity contribution in [3.63, 3.8) is 0 Å². The summed E-state index contributed by atoms with van der Waals surface area (Å²) in [6.45, 7) is 8.83. The van der Waals surface area contributed by atoms with Crippen LogP contribution in [0.25, 0.3) is 33.1 Å². The van der Waals surface area contributed by atoms with E-state index in [0.29, 0.717) is 48.9 Å².